The predicted octanol–water partition coefficient (Wildman–Crippen LogP) is 4.80. The van der Waals surface area contributed by atoms with Crippen molar-refractivity contribution in [2.75, 3.05) is 5.73 Å². The van der Waals surface area contributed by atoms with E-state index in [9.17, 15) is 4.39 Å². The molecule has 5 heteroatoms. The molecule has 0 unspecified atom stereocenters. The third-order valence-electron chi connectivity index (χ3n) is 3.20. The number of aryl methyl sites for hydroxylation is 1. The van der Waals surface area contributed by atoms with Crippen LogP contribution in [0.4, 0.5) is 10.2 Å². The topological polar surface area (TPSA) is 52.0 Å². The van der Waals surface area contributed by atoms with Crippen molar-refractivity contribution in [1.82, 2.24) is 5.16 Å². The molecular formula is C16H12BrFN2O. The molecule has 0 aliphatic carbocycles. The molecule has 3 rings (SSSR count). The Morgan fingerprint density at radius 2 is 2.00 bits per heavy atom. The summed E-state index contributed by atoms with van der Waals surface area (Å²) in [6.07, 6.45) is 0. The first kappa shape index (κ1) is 13.8. The number of nitrogen functional groups attached to an aromatic ring is 1. The summed E-state index contributed by atoms with van der Waals surface area (Å²) in [5.41, 5.74) is 9.17. The third-order valence-corrected chi connectivity index (χ3v) is 3.89. The summed E-state index contributed by atoms with van der Waals surface area (Å²) in [5.74, 6) is 0.384. The molecule has 0 aliphatic rings. The van der Waals surface area contributed by atoms with Crippen molar-refractivity contribution in [3.63, 3.8) is 0 Å². The molecule has 1 aromatic heterocycles. The number of aromatic nitrogens is 1. The van der Waals surface area contributed by atoms with Gasteiger partial charge in [0.15, 0.2) is 11.6 Å². The van der Waals surface area contributed by atoms with Crippen molar-refractivity contribution in [3.8, 4) is 22.5 Å². The SMILES string of the molecule is Cc1cccc(-c2c(N)noc2-c2cc(F)ccc2Br)c1. The van der Waals surface area contributed by atoms with E-state index in [0.717, 1.165) is 11.1 Å². The summed E-state index contributed by atoms with van der Waals surface area (Å²) >= 11 is 3.40. The predicted molar refractivity (Wildman–Crippen MR) is 84.2 cm³/mol. The number of benzene rings is 2. The molecule has 0 radical (unpaired) electrons. The van der Waals surface area contributed by atoms with Crippen LogP contribution in [0.15, 0.2) is 51.5 Å². The number of nitrogens with zero attached hydrogens (tertiary/aromatic N) is 1. The van der Waals surface area contributed by atoms with Crippen molar-refractivity contribution >= 4 is 21.7 Å². The van der Waals surface area contributed by atoms with E-state index in [1.807, 2.05) is 31.2 Å². The van der Waals surface area contributed by atoms with Crippen molar-refractivity contribution in [2.24, 2.45) is 0 Å². The molecule has 21 heavy (non-hydrogen) atoms. The van der Waals surface area contributed by atoms with Crippen LogP contribution in [0.25, 0.3) is 22.5 Å². The van der Waals surface area contributed by atoms with Gasteiger partial charge in [0, 0.05) is 10.0 Å². The Bertz CT molecular complexity index is 814. The van der Waals surface area contributed by atoms with Crippen LogP contribution < -0.4 is 5.73 Å². The van der Waals surface area contributed by atoms with Crippen LogP contribution in [0.3, 0.4) is 0 Å². The van der Waals surface area contributed by atoms with Gasteiger partial charge in [0.05, 0.1) is 5.56 Å². The average molecular weight is 347 g/mol. The van der Waals surface area contributed by atoms with Gasteiger partial charge in [0.1, 0.15) is 5.82 Å². The highest BCUT2D eigenvalue weighted by atomic mass is 79.9. The fraction of sp³-hybridized carbons (Fsp3) is 0.0625. The minimum absolute atomic E-state index is 0.284. The van der Waals surface area contributed by atoms with Gasteiger partial charge in [-0.3, -0.25) is 0 Å². The first-order chi connectivity index (χ1) is 10.1. The van der Waals surface area contributed by atoms with Crippen LogP contribution >= 0.6 is 15.9 Å². The lowest BCUT2D eigenvalue weighted by atomic mass is 10.00. The highest BCUT2D eigenvalue weighted by molar-refractivity contribution is 9.10. The quantitative estimate of drug-likeness (QED) is 0.724. The summed E-state index contributed by atoms with van der Waals surface area (Å²) < 4.78 is 19.6. The zero-order valence-electron chi connectivity index (χ0n) is 11.2. The minimum Gasteiger partial charge on any atom is -0.380 e. The Balaban J connectivity index is 2.24. The molecule has 0 spiro atoms. The van der Waals surface area contributed by atoms with Crippen LogP contribution in [0.2, 0.25) is 0 Å². The molecule has 0 bridgehead atoms. The monoisotopic (exact) mass is 346 g/mol. The Morgan fingerprint density at radius 3 is 2.76 bits per heavy atom. The zero-order chi connectivity index (χ0) is 15.0. The van der Waals surface area contributed by atoms with Gasteiger partial charge in [-0.05, 0) is 30.7 Å². The second-order valence-corrected chi connectivity index (χ2v) is 5.62. The van der Waals surface area contributed by atoms with Gasteiger partial charge < -0.3 is 10.3 Å². The number of anilines is 1. The molecule has 2 aromatic carbocycles. The van der Waals surface area contributed by atoms with Gasteiger partial charge in [0.2, 0.25) is 0 Å². The maximum absolute atomic E-state index is 13.5. The Kier molecular flexibility index (Phi) is 3.51. The Morgan fingerprint density at radius 1 is 1.19 bits per heavy atom. The first-order valence-corrected chi connectivity index (χ1v) is 7.13. The molecule has 1 heterocycles. The van der Waals surface area contributed by atoms with E-state index in [1.165, 1.54) is 12.1 Å². The summed E-state index contributed by atoms with van der Waals surface area (Å²) in [7, 11) is 0. The van der Waals surface area contributed by atoms with Crippen molar-refractivity contribution < 1.29 is 8.91 Å². The fourth-order valence-corrected chi connectivity index (χ4v) is 2.66. The van der Waals surface area contributed by atoms with E-state index in [4.69, 9.17) is 10.3 Å². The zero-order valence-corrected chi connectivity index (χ0v) is 12.8. The molecule has 0 fully saturated rings. The third kappa shape index (κ3) is 2.56. The van der Waals surface area contributed by atoms with E-state index in [2.05, 4.69) is 21.1 Å². The number of rotatable bonds is 2. The number of hydrogen-bond donors (Lipinski definition) is 1. The molecule has 3 aromatic rings. The molecule has 0 amide bonds. The Labute approximate surface area is 129 Å². The lowest BCUT2D eigenvalue weighted by molar-refractivity contribution is 0.435. The highest BCUT2D eigenvalue weighted by Crippen LogP contribution is 2.39. The van der Waals surface area contributed by atoms with Crippen LogP contribution in [-0.4, -0.2) is 5.16 Å². The standard InChI is InChI=1S/C16H12BrFN2O/c1-9-3-2-4-10(7-9)14-15(21-20-16(14)19)12-8-11(18)5-6-13(12)17/h2-8H,1H3,(H2,19,20). The van der Waals surface area contributed by atoms with Crippen molar-refractivity contribution in [1.29, 1.82) is 0 Å². The van der Waals surface area contributed by atoms with Crippen LogP contribution in [0, 0.1) is 12.7 Å². The largest absolute Gasteiger partial charge is 0.380 e. The molecule has 0 saturated heterocycles. The minimum atomic E-state index is -0.349. The maximum Gasteiger partial charge on any atom is 0.178 e. The first-order valence-electron chi connectivity index (χ1n) is 6.34. The summed E-state index contributed by atoms with van der Waals surface area (Å²) in [6, 6.07) is 12.2. The normalized spacial score (nSPS) is 10.8. The van der Waals surface area contributed by atoms with Gasteiger partial charge in [-0.1, -0.05) is 50.9 Å². The van der Waals surface area contributed by atoms with E-state index in [-0.39, 0.29) is 11.6 Å². The Hall–Kier alpha value is -2.14. The van der Waals surface area contributed by atoms with Crippen LogP contribution in [0.5, 0.6) is 0 Å². The van der Waals surface area contributed by atoms with E-state index in [0.29, 0.717) is 21.4 Å². The van der Waals surface area contributed by atoms with Gasteiger partial charge in [-0.2, -0.15) is 0 Å². The molecule has 0 aliphatic heterocycles. The summed E-state index contributed by atoms with van der Waals surface area (Å²) in [5, 5.41) is 3.83. The van der Waals surface area contributed by atoms with Gasteiger partial charge in [0.25, 0.3) is 0 Å². The number of halogens is 2. The lowest BCUT2D eigenvalue weighted by Gasteiger charge is -2.06. The molecule has 3 nitrogen and oxygen atoms in total. The molecular weight excluding hydrogens is 335 g/mol. The summed E-state index contributed by atoms with van der Waals surface area (Å²) in [6.45, 7) is 1.99. The van der Waals surface area contributed by atoms with Crippen molar-refractivity contribution in [3.05, 3.63) is 58.3 Å². The van der Waals surface area contributed by atoms with Crippen LogP contribution in [-0.2, 0) is 0 Å². The van der Waals surface area contributed by atoms with Gasteiger partial charge in [-0.25, -0.2) is 4.39 Å². The van der Waals surface area contributed by atoms with E-state index in [1.54, 1.807) is 6.07 Å². The van der Waals surface area contributed by atoms with E-state index >= 15 is 0 Å². The lowest BCUT2D eigenvalue weighted by Crippen LogP contribution is -1.90. The molecule has 0 saturated carbocycles. The highest BCUT2D eigenvalue weighted by Gasteiger charge is 2.20. The van der Waals surface area contributed by atoms with Gasteiger partial charge >= 0.3 is 0 Å². The number of hydrogen-bond acceptors (Lipinski definition) is 3. The van der Waals surface area contributed by atoms with Crippen LogP contribution in [0.1, 0.15) is 5.56 Å². The smallest absolute Gasteiger partial charge is 0.178 e. The maximum atomic E-state index is 13.5. The number of nitrogens with two attached hydrogens (primary N) is 1. The second kappa shape index (κ2) is 5.33. The summed E-state index contributed by atoms with van der Waals surface area (Å²) in [4.78, 5) is 0. The average Bonchev–Trinajstić information content (AvgIpc) is 2.83. The van der Waals surface area contributed by atoms with Gasteiger partial charge in [-0.15, -0.1) is 0 Å². The molecule has 0 atom stereocenters. The molecule has 106 valence electrons. The second-order valence-electron chi connectivity index (χ2n) is 4.77. The van der Waals surface area contributed by atoms with E-state index < -0.39 is 0 Å². The molecule has 2 N–H and O–H groups in total. The fourth-order valence-electron chi connectivity index (χ4n) is 2.24. The van der Waals surface area contributed by atoms with Crippen molar-refractivity contribution in [2.45, 2.75) is 6.92 Å².